The van der Waals surface area contributed by atoms with Crippen molar-refractivity contribution in [3.63, 3.8) is 0 Å². The van der Waals surface area contributed by atoms with E-state index in [1.165, 1.54) is 51.9 Å². The van der Waals surface area contributed by atoms with E-state index >= 15 is 0 Å². The van der Waals surface area contributed by atoms with E-state index in [1.54, 1.807) is 4.90 Å². The predicted octanol–water partition coefficient (Wildman–Crippen LogP) is -0.956. The fourth-order valence-electron chi connectivity index (χ4n) is 2.95. The van der Waals surface area contributed by atoms with E-state index in [2.05, 4.69) is 12.2 Å². The average molecular weight is 228 g/mol. The van der Waals surface area contributed by atoms with Gasteiger partial charge in [0.05, 0.1) is 19.3 Å². The van der Waals surface area contributed by atoms with Crippen LogP contribution in [0.2, 0.25) is 0 Å². The first-order valence-corrected chi connectivity index (χ1v) is 7.09. The van der Waals surface area contributed by atoms with Crippen molar-refractivity contribution in [3.05, 3.63) is 0 Å². The molecule has 0 unspecified atom stereocenters. The van der Waals surface area contributed by atoms with Crippen LogP contribution >= 0.6 is 0 Å². The zero-order valence-electron chi connectivity index (χ0n) is 10.7. The zero-order valence-corrected chi connectivity index (χ0v) is 10.7. The first kappa shape index (κ1) is 12.3. The Labute approximate surface area is 99.5 Å². The Bertz CT molecular complexity index is 184. The Morgan fingerprint density at radius 2 is 1.81 bits per heavy atom. The predicted molar refractivity (Wildman–Crippen MR) is 64.6 cm³/mol. The third kappa shape index (κ3) is 4.04. The quantitative estimate of drug-likeness (QED) is 0.638. The largest absolute Gasteiger partial charge is 0.370 e. The van der Waals surface area contributed by atoms with Crippen molar-refractivity contribution in [1.29, 1.82) is 0 Å². The van der Waals surface area contributed by atoms with E-state index in [4.69, 9.17) is 4.74 Å². The van der Waals surface area contributed by atoms with Gasteiger partial charge in [0.25, 0.3) is 0 Å². The molecule has 2 fully saturated rings. The topological polar surface area (TPSA) is 30.3 Å². The summed E-state index contributed by atoms with van der Waals surface area (Å²) in [7, 11) is 0. The first-order valence-electron chi connectivity index (χ1n) is 7.09. The number of nitrogens with two attached hydrogens (primary N) is 1. The smallest absolute Gasteiger partial charge is 0.127 e. The van der Waals surface area contributed by atoms with E-state index in [9.17, 15) is 0 Å². The minimum Gasteiger partial charge on any atom is -0.370 e. The second-order valence-electron chi connectivity index (χ2n) is 5.66. The average Bonchev–Trinajstić information content (AvgIpc) is 2.33. The molecule has 1 saturated carbocycles. The highest BCUT2D eigenvalue weighted by Crippen LogP contribution is 2.21. The highest BCUT2D eigenvalue weighted by molar-refractivity contribution is 4.67. The number of nitrogens with one attached hydrogen (secondary N) is 1. The molecule has 94 valence electrons. The van der Waals surface area contributed by atoms with Crippen LogP contribution in [0.25, 0.3) is 0 Å². The number of quaternary nitrogens is 2. The molecule has 0 spiro atoms. The SMILES string of the molecule is CC1CCC([NH2+]CC[NH+]2CCOCC2)CC1. The molecule has 0 aromatic heterocycles. The van der Waals surface area contributed by atoms with Gasteiger partial charge in [-0.25, -0.2) is 0 Å². The summed E-state index contributed by atoms with van der Waals surface area (Å²) in [6.45, 7) is 9.41. The maximum atomic E-state index is 5.38. The van der Waals surface area contributed by atoms with E-state index in [0.29, 0.717) is 0 Å². The van der Waals surface area contributed by atoms with Gasteiger partial charge in [-0.1, -0.05) is 6.92 Å². The molecule has 0 radical (unpaired) electrons. The van der Waals surface area contributed by atoms with Crippen LogP contribution in [0.3, 0.4) is 0 Å². The Morgan fingerprint density at radius 1 is 1.12 bits per heavy atom. The molecule has 0 aromatic carbocycles. The Morgan fingerprint density at radius 3 is 2.50 bits per heavy atom. The number of hydrogen-bond acceptors (Lipinski definition) is 1. The highest BCUT2D eigenvalue weighted by Gasteiger charge is 2.21. The van der Waals surface area contributed by atoms with E-state index in [1.807, 2.05) is 0 Å². The van der Waals surface area contributed by atoms with Gasteiger partial charge in [-0.2, -0.15) is 0 Å². The molecule has 0 atom stereocenters. The normalized spacial score (nSPS) is 32.8. The van der Waals surface area contributed by atoms with Crippen LogP contribution in [0.15, 0.2) is 0 Å². The molecule has 3 N–H and O–H groups in total. The second-order valence-corrected chi connectivity index (χ2v) is 5.66. The molecule has 3 heteroatoms. The third-order valence-corrected chi connectivity index (χ3v) is 4.26. The van der Waals surface area contributed by atoms with Crippen molar-refractivity contribution in [1.82, 2.24) is 0 Å². The molecule has 2 rings (SSSR count). The summed E-state index contributed by atoms with van der Waals surface area (Å²) in [5.74, 6) is 0.981. The second kappa shape index (κ2) is 6.58. The molecule has 16 heavy (non-hydrogen) atoms. The van der Waals surface area contributed by atoms with Crippen LogP contribution in [0.1, 0.15) is 32.6 Å². The van der Waals surface area contributed by atoms with Gasteiger partial charge in [0.15, 0.2) is 0 Å². The van der Waals surface area contributed by atoms with Crippen molar-refractivity contribution in [2.75, 3.05) is 39.4 Å². The summed E-state index contributed by atoms with van der Waals surface area (Å²) < 4.78 is 5.38. The molecular formula is C13H28N2O+2. The number of hydrogen-bond donors (Lipinski definition) is 2. The fourth-order valence-corrected chi connectivity index (χ4v) is 2.95. The summed E-state index contributed by atoms with van der Waals surface area (Å²) in [6, 6.07) is 0.927. The Kier molecular flexibility index (Phi) is 5.07. The molecule has 1 aliphatic carbocycles. The summed E-state index contributed by atoms with van der Waals surface area (Å²) in [4.78, 5) is 1.74. The molecule has 3 nitrogen and oxygen atoms in total. The van der Waals surface area contributed by atoms with Gasteiger partial charge in [-0.15, -0.1) is 0 Å². The molecule has 1 aliphatic heterocycles. The van der Waals surface area contributed by atoms with Gasteiger partial charge in [0, 0.05) is 0 Å². The lowest BCUT2D eigenvalue weighted by Gasteiger charge is -2.26. The lowest BCUT2D eigenvalue weighted by Crippen LogP contribution is -3.16. The van der Waals surface area contributed by atoms with Gasteiger partial charge in [0.1, 0.15) is 26.2 Å². The van der Waals surface area contributed by atoms with E-state index in [0.717, 1.165) is 25.2 Å². The summed E-state index contributed by atoms with van der Waals surface area (Å²) in [5, 5.41) is 2.61. The van der Waals surface area contributed by atoms with Gasteiger partial charge < -0.3 is 15.0 Å². The first-order chi connectivity index (χ1) is 7.84. The molecule has 1 heterocycles. The van der Waals surface area contributed by atoms with Gasteiger partial charge in [-0.3, -0.25) is 0 Å². The molecular weight excluding hydrogens is 200 g/mol. The van der Waals surface area contributed by atoms with E-state index in [-0.39, 0.29) is 0 Å². The highest BCUT2D eigenvalue weighted by atomic mass is 16.5. The molecule has 0 amide bonds. The van der Waals surface area contributed by atoms with Crippen LogP contribution in [0.5, 0.6) is 0 Å². The van der Waals surface area contributed by atoms with Crippen LogP contribution in [0.4, 0.5) is 0 Å². The summed E-state index contributed by atoms with van der Waals surface area (Å²) in [5.41, 5.74) is 0. The number of rotatable bonds is 4. The fraction of sp³-hybridized carbons (Fsp3) is 1.00. The lowest BCUT2D eigenvalue weighted by atomic mass is 9.87. The third-order valence-electron chi connectivity index (χ3n) is 4.26. The van der Waals surface area contributed by atoms with Crippen molar-refractivity contribution < 1.29 is 15.0 Å². The molecule has 1 saturated heterocycles. The van der Waals surface area contributed by atoms with Gasteiger partial charge >= 0.3 is 0 Å². The van der Waals surface area contributed by atoms with Gasteiger partial charge in [0.2, 0.25) is 0 Å². The molecule has 0 aromatic rings. The maximum Gasteiger partial charge on any atom is 0.127 e. The summed E-state index contributed by atoms with van der Waals surface area (Å²) in [6.07, 6.45) is 5.79. The Hall–Kier alpha value is -0.120. The van der Waals surface area contributed by atoms with E-state index < -0.39 is 0 Å². The monoisotopic (exact) mass is 228 g/mol. The van der Waals surface area contributed by atoms with Crippen molar-refractivity contribution in [2.45, 2.75) is 38.6 Å². The number of ether oxygens (including phenoxy) is 1. The lowest BCUT2D eigenvalue weighted by molar-refractivity contribution is -0.921. The van der Waals surface area contributed by atoms with Crippen LogP contribution < -0.4 is 10.2 Å². The Balaban J connectivity index is 1.53. The molecule has 0 bridgehead atoms. The van der Waals surface area contributed by atoms with Crippen LogP contribution in [0, 0.1) is 5.92 Å². The van der Waals surface area contributed by atoms with Crippen LogP contribution in [-0.2, 0) is 4.74 Å². The zero-order chi connectivity index (χ0) is 11.2. The number of morpholine rings is 1. The molecule has 2 aliphatic rings. The van der Waals surface area contributed by atoms with Crippen molar-refractivity contribution in [3.8, 4) is 0 Å². The van der Waals surface area contributed by atoms with Crippen LogP contribution in [-0.4, -0.2) is 45.4 Å². The summed E-state index contributed by atoms with van der Waals surface area (Å²) >= 11 is 0. The van der Waals surface area contributed by atoms with Gasteiger partial charge in [-0.05, 0) is 31.6 Å². The van der Waals surface area contributed by atoms with Crippen molar-refractivity contribution >= 4 is 0 Å². The maximum absolute atomic E-state index is 5.38. The minimum absolute atomic E-state index is 0.927. The van der Waals surface area contributed by atoms with Crippen molar-refractivity contribution in [2.24, 2.45) is 5.92 Å². The standard InChI is InChI=1S/C13H26N2O/c1-12-2-4-13(5-3-12)14-6-7-15-8-10-16-11-9-15/h12-14H,2-11H2,1H3/p+2. The minimum atomic E-state index is 0.927.